The van der Waals surface area contributed by atoms with Gasteiger partial charge in [0.05, 0.1) is 16.2 Å². The number of carboxylic acids is 1. The maximum atomic E-state index is 10.9. The van der Waals surface area contributed by atoms with Crippen LogP contribution in [0.4, 0.5) is 5.69 Å². The van der Waals surface area contributed by atoms with Crippen molar-refractivity contribution in [3.05, 3.63) is 50.2 Å². The third-order valence-corrected chi connectivity index (χ3v) is 3.09. The molecule has 0 aliphatic heterocycles. The molecular formula is C11H5BrN4O4. The topological polar surface area (TPSA) is 122 Å². The molecule has 2 aromatic rings. The standard InChI is InChI=1S/C11H5BrN4O4/c12-8-3-7(2-1-6(8)4-13)15-5-9(16(19)20)10(14-15)11(17)18/h1-3,5H,(H,17,18). The predicted octanol–water partition coefficient (Wildman–Crippen LogP) is 2.11. The van der Waals surface area contributed by atoms with E-state index >= 15 is 0 Å². The molecule has 1 N–H and O–H groups in total. The van der Waals surface area contributed by atoms with E-state index in [9.17, 15) is 14.9 Å². The second kappa shape index (κ2) is 5.10. The highest BCUT2D eigenvalue weighted by atomic mass is 79.9. The summed E-state index contributed by atoms with van der Waals surface area (Å²) in [6, 6.07) is 6.46. The lowest BCUT2D eigenvalue weighted by molar-refractivity contribution is -0.385. The Bertz CT molecular complexity index is 731. The van der Waals surface area contributed by atoms with Crippen LogP contribution in [-0.4, -0.2) is 25.8 Å². The molecule has 0 aliphatic carbocycles. The largest absolute Gasteiger partial charge is 0.476 e. The van der Waals surface area contributed by atoms with E-state index in [1.807, 2.05) is 6.07 Å². The summed E-state index contributed by atoms with van der Waals surface area (Å²) in [6.45, 7) is 0. The van der Waals surface area contributed by atoms with Crippen LogP contribution in [0.15, 0.2) is 28.9 Å². The van der Waals surface area contributed by atoms with E-state index in [0.29, 0.717) is 15.7 Å². The first-order valence-corrected chi connectivity index (χ1v) is 5.90. The van der Waals surface area contributed by atoms with Gasteiger partial charge in [0, 0.05) is 4.47 Å². The third kappa shape index (κ3) is 2.36. The minimum atomic E-state index is -1.48. The van der Waals surface area contributed by atoms with Crippen molar-refractivity contribution in [3.8, 4) is 11.8 Å². The van der Waals surface area contributed by atoms with Crippen LogP contribution in [-0.2, 0) is 0 Å². The van der Waals surface area contributed by atoms with Crippen molar-refractivity contribution in [2.45, 2.75) is 0 Å². The molecular weight excluding hydrogens is 332 g/mol. The summed E-state index contributed by atoms with van der Waals surface area (Å²) in [5.41, 5.74) is -0.464. The Kier molecular flexibility index (Phi) is 3.49. The molecule has 8 nitrogen and oxygen atoms in total. The van der Waals surface area contributed by atoms with Crippen LogP contribution in [0.5, 0.6) is 0 Å². The summed E-state index contributed by atoms with van der Waals surface area (Å²) in [7, 11) is 0. The summed E-state index contributed by atoms with van der Waals surface area (Å²) in [6.07, 6.45) is 1.01. The van der Waals surface area contributed by atoms with Crippen molar-refractivity contribution in [2.75, 3.05) is 0 Å². The number of nitriles is 1. The van der Waals surface area contributed by atoms with Crippen LogP contribution in [0.3, 0.4) is 0 Å². The number of rotatable bonds is 3. The van der Waals surface area contributed by atoms with Gasteiger partial charge in [0.1, 0.15) is 12.3 Å². The van der Waals surface area contributed by atoms with Crippen molar-refractivity contribution in [1.29, 1.82) is 5.26 Å². The summed E-state index contributed by atoms with van der Waals surface area (Å²) in [5.74, 6) is -1.48. The third-order valence-electron chi connectivity index (χ3n) is 2.43. The number of halogens is 1. The lowest BCUT2D eigenvalue weighted by Crippen LogP contribution is -2.03. The molecule has 0 aliphatic rings. The van der Waals surface area contributed by atoms with Gasteiger partial charge in [-0.1, -0.05) is 0 Å². The fourth-order valence-corrected chi connectivity index (χ4v) is 1.98. The molecule has 100 valence electrons. The zero-order chi connectivity index (χ0) is 14.9. The van der Waals surface area contributed by atoms with Gasteiger partial charge in [-0.15, -0.1) is 0 Å². The number of hydrogen-bond acceptors (Lipinski definition) is 5. The lowest BCUT2D eigenvalue weighted by atomic mass is 10.2. The molecule has 0 radical (unpaired) electrons. The first-order valence-electron chi connectivity index (χ1n) is 5.11. The highest BCUT2D eigenvalue weighted by Crippen LogP contribution is 2.23. The maximum Gasteiger partial charge on any atom is 0.363 e. The van der Waals surface area contributed by atoms with E-state index in [4.69, 9.17) is 10.4 Å². The molecule has 2 rings (SSSR count). The van der Waals surface area contributed by atoms with Crippen LogP contribution in [0.1, 0.15) is 16.1 Å². The Labute approximate surface area is 120 Å². The number of benzene rings is 1. The lowest BCUT2D eigenvalue weighted by Gasteiger charge is -2.02. The van der Waals surface area contributed by atoms with Crippen molar-refractivity contribution in [3.63, 3.8) is 0 Å². The highest BCUT2D eigenvalue weighted by molar-refractivity contribution is 9.10. The van der Waals surface area contributed by atoms with Gasteiger partial charge in [-0.3, -0.25) is 10.1 Å². The summed E-state index contributed by atoms with van der Waals surface area (Å²) < 4.78 is 1.56. The number of nitro groups is 1. The van der Waals surface area contributed by atoms with Crippen molar-refractivity contribution < 1.29 is 14.8 Å². The van der Waals surface area contributed by atoms with Gasteiger partial charge in [0.25, 0.3) is 0 Å². The first kappa shape index (κ1) is 13.7. The normalized spacial score (nSPS) is 10.0. The minimum absolute atomic E-state index is 0.383. The predicted molar refractivity (Wildman–Crippen MR) is 69.6 cm³/mol. The SMILES string of the molecule is N#Cc1ccc(-n2cc([N+](=O)[O-])c(C(=O)O)n2)cc1Br. The average Bonchev–Trinajstić information content (AvgIpc) is 2.84. The van der Waals surface area contributed by atoms with E-state index in [2.05, 4.69) is 21.0 Å². The molecule has 0 atom stereocenters. The Morgan fingerprint density at radius 2 is 2.25 bits per heavy atom. The molecule has 1 heterocycles. The van der Waals surface area contributed by atoms with Gasteiger partial charge in [-0.2, -0.15) is 10.4 Å². The smallest absolute Gasteiger partial charge is 0.363 e. The van der Waals surface area contributed by atoms with Crippen LogP contribution in [0.25, 0.3) is 5.69 Å². The molecule has 0 amide bonds. The van der Waals surface area contributed by atoms with Gasteiger partial charge in [0.2, 0.25) is 5.69 Å². The quantitative estimate of drug-likeness (QED) is 0.676. The van der Waals surface area contributed by atoms with Crippen molar-refractivity contribution in [2.24, 2.45) is 0 Å². The minimum Gasteiger partial charge on any atom is -0.476 e. The maximum absolute atomic E-state index is 10.9. The van der Waals surface area contributed by atoms with Crippen LogP contribution in [0, 0.1) is 21.4 Å². The zero-order valence-corrected chi connectivity index (χ0v) is 11.2. The second-order valence-corrected chi connectivity index (χ2v) is 4.50. The Hall–Kier alpha value is -2.73. The first-order chi connectivity index (χ1) is 9.43. The van der Waals surface area contributed by atoms with Gasteiger partial charge >= 0.3 is 11.7 Å². The van der Waals surface area contributed by atoms with Crippen LogP contribution in [0.2, 0.25) is 0 Å². The molecule has 20 heavy (non-hydrogen) atoms. The average molecular weight is 337 g/mol. The summed E-state index contributed by atoms with van der Waals surface area (Å²) in [5, 5.41) is 32.1. The monoisotopic (exact) mass is 336 g/mol. The highest BCUT2D eigenvalue weighted by Gasteiger charge is 2.25. The Morgan fingerprint density at radius 1 is 1.55 bits per heavy atom. The van der Waals surface area contributed by atoms with Gasteiger partial charge in [0.15, 0.2) is 0 Å². The second-order valence-electron chi connectivity index (χ2n) is 3.65. The molecule has 0 unspecified atom stereocenters. The van der Waals surface area contributed by atoms with Crippen LogP contribution < -0.4 is 0 Å². The number of aromatic nitrogens is 2. The fourth-order valence-electron chi connectivity index (χ4n) is 1.52. The molecule has 0 saturated carbocycles. The molecule has 0 spiro atoms. The Balaban J connectivity index is 2.57. The molecule has 0 bridgehead atoms. The van der Waals surface area contributed by atoms with Gasteiger partial charge in [-0.05, 0) is 34.1 Å². The van der Waals surface area contributed by atoms with Gasteiger partial charge in [-0.25, -0.2) is 9.48 Å². The number of nitrogens with zero attached hydrogens (tertiary/aromatic N) is 4. The number of aromatic carboxylic acids is 1. The van der Waals surface area contributed by atoms with Gasteiger partial charge < -0.3 is 5.11 Å². The number of carbonyl (C=O) groups is 1. The van der Waals surface area contributed by atoms with Crippen molar-refractivity contribution >= 4 is 27.6 Å². The van der Waals surface area contributed by atoms with E-state index in [0.717, 1.165) is 10.9 Å². The zero-order valence-electron chi connectivity index (χ0n) is 9.65. The summed E-state index contributed by atoms with van der Waals surface area (Å²) >= 11 is 3.17. The van der Waals surface area contributed by atoms with E-state index in [1.54, 1.807) is 0 Å². The Morgan fingerprint density at radius 3 is 2.70 bits per heavy atom. The van der Waals surface area contributed by atoms with E-state index in [1.165, 1.54) is 18.2 Å². The number of carboxylic acid groups (broad SMARTS) is 1. The molecule has 9 heteroatoms. The molecule has 0 saturated heterocycles. The van der Waals surface area contributed by atoms with Crippen LogP contribution >= 0.6 is 15.9 Å². The van der Waals surface area contributed by atoms with E-state index in [-0.39, 0.29) is 0 Å². The number of hydrogen-bond donors (Lipinski definition) is 1. The fraction of sp³-hybridized carbons (Fsp3) is 0. The van der Waals surface area contributed by atoms with Crippen molar-refractivity contribution in [1.82, 2.24) is 9.78 Å². The molecule has 1 aromatic carbocycles. The van der Waals surface area contributed by atoms with E-state index < -0.39 is 22.3 Å². The molecule has 0 fully saturated rings. The summed E-state index contributed by atoms with van der Waals surface area (Å²) in [4.78, 5) is 20.9. The molecule has 1 aromatic heterocycles.